The molecule has 0 spiro atoms. The Bertz CT molecular complexity index is 2000. The molecule has 0 aromatic heterocycles. The van der Waals surface area contributed by atoms with E-state index in [1.807, 2.05) is 0 Å². The van der Waals surface area contributed by atoms with Crippen molar-refractivity contribution in [3.05, 3.63) is 57.9 Å². The molecule has 0 saturated heterocycles. The smallest absolute Gasteiger partial charge is 0.395 e. The van der Waals surface area contributed by atoms with Crippen LogP contribution in [-0.4, -0.2) is 58.1 Å². The molecular formula is C46H66ClF9N2O8P2. The van der Waals surface area contributed by atoms with Gasteiger partial charge in [0, 0.05) is 0 Å². The lowest BCUT2D eigenvalue weighted by Gasteiger charge is -2.38. The predicted octanol–water partition coefficient (Wildman–Crippen LogP) is 14.4. The van der Waals surface area contributed by atoms with Crippen LogP contribution in [0.25, 0.3) is 0 Å². The number of nitrogens with one attached hydrogen (secondary N) is 2. The summed E-state index contributed by atoms with van der Waals surface area (Å²) in [6.45, 7) is -2.37. The minimum Gasteiger partial charge on any atom is -0.490 e. The first kappa shape index (κ1) is 56.8. The molecule has 5 rings (SSSR count). The maximum absolute atomic E-state index is 15.2. The summed E-state index contributed by atoms with van der Waals surface area (Å²) in [5.41, 5.74) is 0.752. The van der Waals surface area contributed by atoms with Gasteiger partial charge in [0.05, 0.1) is 29.2 Å². The fourth-order valence-electron chi connectivity index (χ4n) is 10.7. The van der Waals surface area contributed by atoms with E-state index in [0.717, 1.165) is 73.9 Å². The summed E-state index contributed by atoms with van der Waals surface area (Å²) in [6.07, 6.45) is 8.26. The summed E-state index contributed by atoms with van der Waals surface area (Å²) in [4.78, 5) is 18.8. The molecule has 0 heterocycles. The molecule has 0 bridgehead atoms. The highest BCUT2D eigenvalue weighted by Gasteiger charge is 2.46. The van der Waals surface area contributed by atoms with E-state index in [1.165, 1.54) is 76.3 Å². The Balaban J connectivity index is 0.914. The van der Waals surface area contributed by atoms with Gasteiger partial charge in [0.2, 0.25) is 5.82 Å². The van der Waals surface area contributed by atoms with E-state index in [0.29, 0.717) is 36.2 Å². The van der Waals surface area contributed by atoms with E-state index >= 15 is 8.78 Å². The average molecular weight is 1040 g/mol. The van der Waals surface area contributed by atoms with Gasteiger partial charge in [0.25, 0.3) is 15.0 Å². The maximum atomic E-state index is 15.2. The van der Waals surface area contributed by atoms with Gasteiger partial charge in [0.15, 0.2) is 23.1 Å². The molecule has 3 aliphatic carbocycles. The summed E-state index contributed by atoms with van der Waals surface area (Å²) >= 11 is 6.34. The average Bonchev–Trinajstić information content (AvgIpc) is 3.29. The molecule has 388 valence electrons. The molecule has 68 heavy (non-hydrogen) atoms. The fourth-order valence-corrected chi connectivity index (χ4v) is 13.0. The van der Waals surface area contributed by atoms with Crippen molar-refractivity contribution >= 4 is 26.6 Å². The van der Waals surface area contributed by atoms with Crippen LogP contribution in [0.15, 0.2) is 24.3 Å². The van der Waals surface area contributed by atoms with Crippen molar-refractivity contribution in [2.24, 2.45) is 35.5 Å². The zero-order chi connectivity index (χ0) is 49.9. The SMILES string of the molecule is O=P(O)(C[C@@H](COc1ccc(C2CCC(C3CCC(CCCCCCCCC4CCC(c5ccc(OC[C@H](CP(=O)(O)NO)C(F)(F)F)c(F)c5Cl)CC4)CC3)CC2)c(F)c1F)C(F)(F)F)NO. The molecule has 10 nitrogen and oxygen atoms in total. The fraction of sp³-hybridized carbons (Fsp3) is 0.739. The first-order valence-electron chi connectivity index (χ1n) is 23.8. The Labute approximate surface area is 397 Å². The van der Waals surface area contributed by atoms with Crippen LogP contribution in [-0.2, 0) is 9.13 Å². The van der Waals surface area contributed by atoms with Crippen LogP contribution in [0.2, 0.25) is 5.02 Å². The van der Waals surface area contributed by atoms with Crippen LogP contribution >= 0.6 is 26.6 Å². The van der Waals surface area contributed by atoms with E-state index in [4.69, 9.17) is 31.5 Å². The molecule has 2 unspecified atom stereocenters. The van der Waals surface area contributed by atoms with Gasteiger partial charge in [0.1, 0.15) is 13.2 Å². The summed E-state index contributed by atoms with van der Waals surface area (Å²) in [7, 11) is -9.43. The molecule has 4 atom stereocenters. The number of hydrogen-bond donors (Lipinski definition) is 6. The molecule has 2 aromatic rings. The number of hydrogen-bond acceptors (Lipinski definition) is 6. The van der Waals surface area contributed by atoms with Gasteiger partial charge in [-0.3, -0.25) is 9.13 Å². The van der Waals surface area contributed by atoms with E-state index < -0.39 is 93.7 Å². The molecule has 6 N–H and O–H groups in total. The second-order valence-electron chi connectivity index (χ2n) is 19.4. The summed E-state index contributed by atoms with van der Waals surface area (Å²) < 4.78 is 159. The molecule has 0 aliphatic heterocycles. The van der Waals surface area contributed by atoms with Gasteiger partial charge in [-0.2, -0.15) is 30.7 Å². The van der Waals surface area contributed by atoms with Crippen molar-refractivity contribution in [3.8, 4) is 11.5 Å². The minimum absolute atomic E-state index is 0.0129. The number of unbranched alkanes of at least 4 members (excludes halogenated alkanes) is 5. The Morgan fingerprint density at radius 1 is 0.559 bits per heavy atom. The van der Waals surface area contributed by atoms with Crippen LogP contribution < -0.4 is 20.0 Å². The van der Waals surface area contributed by atoms with Crippen molar-refractivity contribution in [2.45, 2.75) is 153 Å². The summed E-state index contributed by atoms with van der Waals surface area (Å²) in [6, 6.07) is 5.25. The first-order chi connectivity index (χ1) is 32.0. The molecule has 3 saturated carbocycles. The lowest BCUT2D eigenvalue weighted by atomic mass is 9.68. The molecule has 0 amide bonds. The summed E-state index contributed by atoms with van der Waals surface area (Å²) in [5.74, 6) is -7.49. The van der Waals surface area contributed by atoms with Gasteiger partial charge in [-0.15, -0.1) is 10.5 Å². The third kappa shape index (κ3) is 16.7. The highest BCUT2D eigenvalue weighted by Crippen LogP contribution is 2.48. The second-order valence-corrected chi connectivity index (χ2v) is 23.8. The molecule has 3 fully saturated rings. The maximum Gasteiger partial charge on any atom is 0.395 e. The van der Waals surface area contributed by atoms with Crippen LogP contribution in [0, 0.1) is 53.0 Å². The molecular weight excluding hydrogens is 977 g/mol. The normalized spacial score (nSPS) is 25.6. The highest BCUT2D eigenvalue weighted by molar-refractivity contribution is 7.55. The standard InChI is InChI=1S/C46H66ClF9N2O8P2/c47-41-37(21-23-39(43(41)49)65-25-35(45(51,52)53)27-67(61,62)57-59)33-15-11-30(12-16-33)8-6-4-2-1-3-5-7-29-9-13-31(14-10-29)32-17-19-34(20-18-32)38-22-24-40(44(50)42(38)48)66-26-36(46(54,55)56)28-68(63,64)58-60/h21-24,29-36,59-60H,1-20,25-28H2,(H2,57,61,62)(H2,58,63,64)/t29?,30?,31?,32?,33?,34?,35-,36-/m1/s1. The number of rotatable bonds is 24. The molecule has 22 heteroatoms. The Morgan fingerprint density at radius 2 is 0.926 bits per heavy atom. The topological polar surface area (TPSA) is 158 Å². The summed E-state index contributed by atoms with van der Waals surface area (Å²) in [5, 5.41) is 19.1. The Kier molecular flexibility index (Phi) is 21.3. The number of halogens is 10. The third-order valence-corrected chi connectivity index (χ3v) is 17.6. The minimum atomic E-state index is -4.99. The van der Waals surface area contributed by atoms with E-state index in [9.17, 15) is 49.6 Å². The predicted molar refractivity (Wildman–Crippen MR) is 239 cm³/mol. The zero-order valence-corrected chi connectivity index (χ0v) is 40.5. The largest absolute Gasteiger partial charge is 0.490 e. The number of alkyl halides is 6. The van der Waals surface area contributed by atoms with Crippen molar-refractivity contribution in [3.63, 3.8) is 0 Å². The second kappa shape index (κ2) is 25.5. The van der Waals surface area contributed by atoms with Crippen LogP contribution in [0.3, 0.4) is 0 Å². The number of benzene rings is 2. The first-order valence-corrected chi connectivity index (χ1v) is 27.9. The molecule has 3 aliphatic rings. The highest BCUT2D eigenvalue weighted by atomic mass is 35.5. The Morgan fingerprint density at radius 3 is 1.37 bits per heavy atom. The van der Waals surface area contributed by atoms with Gasteiger partial charge >= 0.3 is 12.4 Å². The lowest BCUT2D eigenvalue weighted by molar-refractivity contribution is -0.176. The van der Waals surface area contributed by atoms with Gasteiger partial charge in [-0.25, -0.2) is 8.78 Å². The quantitative estimate of drug-likeness (QED) is 0.0259. The van der Waals surface area contributed by atoms with Gasteiger partial charge < -0.3 is 29.7 Å². The van der Waals surface area contributed by atoms with Gasteiger partial charge in [-0.05, 0) is 123 Å². The monoisotopic (exact) mass is 1040 g/mol. The van der Waals surface area contributed by atoms with Crippen molar-refractivity contribution in [2.75, 3.05) is 25.5 Å². The van der Waals surface area contributed by atoms with E-state index in [2.05, 4.69) is 0 Å². The van der Waals surface area contributed by atoms with Crippen LogP contribution in [0.4, 0.5) is 39.5 Å². The van der Waals surface area contributed by atoms with Crippen molar-refractivity contribution < 1.29 is 78.3 Å². The van der Waals surface area contributed by atoms with E-state index in [-0.39, 0.29) is 22.4 Å². The van der Waals surface area contributed by atoms with Crippen LogP contribution in [0.5, 0.6) is 11.5 Å². The third-order valence-electron chi connectivity index (χ3n) is 14.7. The van der Waals surface area contributed by atoms with E-state index in [1.54, 1.807) is 6.07 Å². The van der Waals surface area contributed by atoms with Crippen LogP contribution in [0.1, 0.15) is 151 Å². The number of ether oxygens (including phenoxy) is 2. The molecule has 2 aromatic carbocycles. The van der Waals surface area contributed by atoms with Gasteiger partial charge in [-0.1, -0.05) is 87.9 Å². The van der Waals surface area contributed by atoms with Crippen molar-refractivity contribution in [1.82, 2.24) is 10.5 Å². The van der Waals surface area contributed by atoms with Crippen molar-refractivity contribution in [1.29, 1.82) is 0 Å². The Hall–Kier alpha value is -2.08. The lowest BCUT2D eigenvalue weighted by Crippen LogP contribution is -2.33. The zero-order valence-electron chi connectivity index (χ0n) is 38.0. The molecule has 0 radical (unpaired) electrons.